The van der Waals surface area contributed by atoms with Gasteiger partial charge in [0.25, 0.3) is 0 Å². The first-order chi connectivity index (χ1) is 7.60. The lowest BCUT2D eigenvalue weighted by Gasteiger charge is -2.15. The topological polar surface area (TPSA) is 101 Å². The van der Waals surface area contributed by atoms with Crippen LogP contribution in [0.3, 0.4) is 0 Å². The molecule has 0 spiro atoms. The third-order valence-corrected chi connectivity index (χ3v) is 2.76. The summed E-state index contributed by atoms with van der Waals surface area (Å²) in [7, 11) is 0. The molecule has 0 saturated carbocycles. The van der Waals surface area contributed by atoms with Crippen molar-refractivity contribution in [2.45, 2.75) is 6.42 Å². The van der Waals surface area contributed by atoms with E-state index in [4.69, 9.17) is 23.7 Å². The van der Waals surface area contributed by atoms with E-state index in [1.54, 1.807) is 11.0 Å². The molecule has 2 rings (SSSR count). The van der Waals surface area contributed by atoms with Crippen LogP contribution in [-0.2, 0) is 4.79 Å². The first-order valence-electron chi connectivity index (χ1n) is 4.97. The molecular formula is C9H13N5OS. The smallest absolute Gasteiger partial charge is 0.228 e. The molecule has 1 saturated heterocycles. The lowest BCUT2D eigenvalue weighted by Crippen LogP contribution is -2.26. The number of nitrogens with zero attached hydrogens (tertiary/aromatic N) is 2. The van der Waals surface area contributed by atoms with Gasteiger partial charge in [-0.05, 0) is 24.7 Å². The number of amides is 1. The fourth-order valence-corrected chi connectivity index (χ4v) is 1.97. The molecule has 1 aliphatic rings. The fraction of sp³-hybridized carbons (Fsp3) is 0.444. The number of carbonyl (C=O) groups is 1. The highest BCUT2D eigenvalue weighted by Gasteiger charge is 2.30. The summed E-state index contributed by atoms with van der Waals surface area (Å²) in [4.78, 5) is 20.1. The summed E-state index contributed by atoms with van der Waals surface area (Å²) in [5.41, 5.74) is 11.2. The minimum absolute atomic E-state index is 0.0166. The van der Waals surface area contributed by atoms with Crippen molar-refractivity contribution in [3.8, 4) is 0 Å². The first-order valence-corrected chi connectivity index (χ1v) is 5.38. The number of carbonyl (C=O) groups excluding carboxylic acids is 1. The summed E-state index contributed by atoms with van der Waals surface area (Å²) in [5.74, 6) is 1.11. The zero-order valence-electron chi connectivity index (χ0n) is 8.64. The van der Waals surface area contributed by atoms with Crippen molar-refractivity contribution in [1.29, 1.82) is 0 Å². The van der Waals surface area contributed by atoms with Crippen molar-refractivity contribution in [2.24, 2.45) is 11.7 Å². The standard InChI is InChI=1S/C9H13N5OS/c10-3-5-1-8(15)14(4-5)7-2-6(11)12-9(16)13-7/h2,5H,1,3-4,10H2,(H3,11,12,13,16). The molecular weight excluding hydrogens is 226 g/mol. The zero-order chi connectivity index (χ0) is 11.7. The highest BCUT2D eigenvalue weighted by molar-refractivity contribution is 7.71. The van der Waals surface area contributed by atoms with E-state index in [1.807, 2.05) is 0 Å². The Morgan fingerprint density at radius 3 is 3.00 bits per heavy atom. The Labute approximate surface area is 97.6 Å². The molecule has 0 bridgehead atoms. The molecule has 1 atom stereocenters. The number of nitrogens with one attached hydrogen (secondary N) is 1. The van der Waals surface area contributed by atoms with Crippen LogP contribution in [0.5, 0.6) is 0 Å². The van der Waals surface area contributed by atoms with Gasteiger partial charge in [0.2, 0.25) is 5.91 Å². The van der Waals surface area contributed by atoms with Crippen LogP contribution in [-0.4, -0.2) is 29.0 Å². The van der Waals surface area contributed by atoms with E-state index in [-0.39, 0.29) is 16.6 Å². The van der Waals surface area contributed by atoms with E-state index in [2.05, 4.69) is 9.97 Å². The van der Waals surface area contributed by atoms with Gasteiger partial charge in [-0.15, -0.1) is 0 Å². The second kappa shape index (κ2) is 4.18. The Kier molecular flexibility index (Phi) is 2.88. The Morgan fingerprint density at radius 1 is 1.69 bits per heavy atom. The van der Waals surface area contributed by atoms with Gasteiger partial charge in [0.1, 0.15) is 11.6 Å². The number of nitrogens with two attached hydrogens (primary N) is 2. The maximum absolute atomic E-state index is 11.7. The monoisotopic (exact) mass is 239 g/mol. The molecule has 6 nitrogen and oxygen atoms in total. The molecule has 1 unspecified atom stereocenters. The predicted molar refractivity (Wildman–Crippen MR) is 63.3 cm³/mol. The van der Waals surface area contributed by atoms with Crippen molar-refractivity contribution in [3.63, 3.8) is 0 Å². The van der Waals surface area contributed by atoms with Crippen LogP contribution < -0.4 is 16.4 Å². The van der Waals surface area contributed by atoms with Crippen LogP contribution in [0.4, 0.5) is 11.6 Å². The summed E-state index contributed by atoms with van der Waals surface area (Å²) >= 11 is 4.91. The average molecular weight is 239 g/mol. The number of rotatable bonds is 2. The van der Waals surface area contributed by atoms with Crippen molar-refractivity contribution in [3.05, 3.63) is 10.8 Å². The van der Waals surface area contributed by atoms with Crippen molar-refractivity contribution in [1.82, 2.24) is 9.97 Å². The van der Waals surface area contributed by atoms with E-state index in [1.165, 1.54) is 0 Å². The number of hydrogen-bond donors (Lipinski definition) is 3. The second-order valence-corrected chi connectivity index (χ2v) is 4.20. The molecule has 5 N–H and O–H groups in total. The van der Waals surface area contributed by atoms with E-state index < -0.39 is 0 Å². The molecule has 7 heteroatoms. The van der Waals surface area contributed by atoms with Gasteiger partial charge in [-0.3, -0.25) is 9.69 Å². The maximum atomic E-state index is 11.7. The Morgan fingerprint density at radius 2 is 2.44 bits per heavy atom. The summed E-state index contributed by atoms with van der Waals surface area (Å²) in [5, 5.41) is 0. The summed E-state index contributed by atoms with van der Waals surface area (Å²) in [6, 6.07) is 1.60. The normalized spacial score (nSPS) is 20.4. The molecule has 1 fully saturated rings. The molecule has 0 aliphatic carbocycles. The third kappa shape index (κ3) is 2.05. The number of aromatic nitrogens is 2. The van der Waals surface area contributed by atoms with Gasteiger partial charge in [-0.2, -0.15) is 0 Å². The van der Waals surface area contributed by atoms with Gasteiger partial charge < -0.3 is 16.5 Å². The van der Waals surface area contributed by atoms with Gasteiger partial charge in [-0.1, -0.05) is 0 Å². The van der Waals surface area contributed by atoms with Crippen molar-refractivity contribution in [2.75, 3.05) is 23.7 Å². The molecule has 16 heavy (non-hydrogen) atoms. The van der Waals surface area contributed by atoms with Crippen LogP contribution in [0.2, 0.25) is 0 Å². The Balaban J connectivity index is 2.31. The van der Waals surface area contributed by atoms with E-state index in [0.29, 0.717) is 31.1 Å². The number of anilines is 2. The van der Waals surface area contributed by atoms with Crippen LogP contribution in [0.1, 0.15) is 6.42 Å². The largest absolute Gasteiger partial charge is 0.385 e. The molecule has 0 radical (unpaired) electrons. The van der Waals surface area contributed by atoms with Crippen LogP contribution >= 0.6 is 12.2 Å². The molecule has 1 aromatic heterocycles. The summed E-state index contributed by atoms with van der Waals surface area (Å²) in [6.45, 7) is 1.08. The zero-order valence-corrected chi connectivity index (χ0v) is 9.46. The number of nitrogen functional groups attached to an aromatic ring is 1. The Bertz CT molecular complexity index is 471. The molecule has 1 amide bonds. The molecule has 0 aromatic carbocycles. The van der Waals surface area contributed by atoms with Gasteiger partial charge >= 0.3 is 0 Å². The molecule has 2 heterocycles. The van der Waals surface area contributed by atoms with Crippen molar-refractivity contribution >= 4 is 29.8 Å². The quantitative estimate of drug-likeness (QED) is 0.632. The van der Waals surface area contributed by atoms with E-state index in [9.17, 15) is 4.79 Å². The minimum Gasteiger partial charge on any atom is -0.385 e. The van der Waals surface area contributed by atoms with E-state index >= 15 is 0 Å². The molecule has 1 aliphatic heterocycles. The molecule has 86 valence electrons. The number of aromatic amines is 1. The second-order valence-electron chi connectivity index (χ2n) is 3.81. The average Bonchev–Trinajstić information content (AvgIpc) is 2.58. The highest BCUT2D eigenvalue weighted by Crippen LogP contribution is 2.23. The SMILES string of the molecule is NCC1CC(=O)N(c2cc(N)[nH]c(=S)n2)C1. The van der Waals surface area contributed by atoms with Crippen LogP contribution in [0.25, 0.3) is 0 Å². The van der Waals surface area contributed by atoms with Gasteiger partial charge in [-0.25, -0.2) is 4.98 Å². The number of hydrogen-bond acceptors (Lipinski definition) is 5. The first kappa shape index (κ1) is 11.0. The van der Waals surface area contributed by atoms with E-state index in [0.717, 1.165) is 0 Å². The highest BCUT2D eigenvalue weighted by atomic mass is 32.1. The van der Waals surface area contributed by atoms with Crippen molar-refractivity contribution < 1.29 is 4.79 Å². The summed E-state index contributed by atoms with van der Waals surface area (Å²) in [6.07, 6.45) is 0.462. The minimum atomic E-state index is 0.0166. The van der Waals surface area contributed by atoms with Crippen LogP contribution in [0, 0.1) is 10.7 Å². The fourth-order valence-electron chi connectivity index (χ4n) is 1.76. The lowest BCUT2D eigenvalue weighted by molar-refractivity contribution is -0.117. The van der Waals surface area contributed by atoms with Gasteiger partial charge in [0.15, 0.2) is 4.77 Å². The van der Waals surface area contributed by atoms with Gasteiger partial charge in [0.05, 0.1) is 0 Å². The summed E-state index contributed by atoms with van der Waals surface area (Å²) < 4.78 is 0.277. The van der Waals surface area contributed by atoms with Crippen LogP contribution in [0.15, 0.2) is 6.07 Å². The molecule has 1 aromatic rings. The predicted octanol–water partition coefficient (Wildman–Crippen LogP) is 0.0330. The Hall–Kier alpha value is -1.47. The maximum Gasteiger partial charge on any atom is 0.228 e. The third-order valence-electron chi connectivity index (χ3n) is 2.57. The number of H-pyrrole nitrogens is 1. The lowest BCUT2D eigenvalue weighted by atomic mass is 10.1. The van der Waals surface area contributed by atoms with Gasteiger partial charge in [0, 0.05) is 19.0 Å².